The summed E-state index contributed by atoms with van der Waals surface area (Å²) < 4.78 is 0. The highest BCUT2D eigenvalue weighted by Crippen LogP contribution is 2.17. The van der Waals surface area contributed by atoms with E-state index in [0.717, 1.165) is 5.56 Å². The molecule has 0 spiro atoms. The van der Waals surface area contributed by atoms with Gasteiger partial charge in [-0.2, -0.15) is 5.26 Å². The van der Waals surface area contributed by atoms with Gasteiger partial charge in [-0.1, -0.05) is 29.3 Å². The maximum atomic E-state index is 8.72. The molecule has 0 fully saturated rings. The standard InChI is InChI=1S/C11H13N/c1-8-4-9(2)6-11(5-8)10(3)7-12/h4-6,10H,1-3H3/t10-/m1/s1. The van der Waals surface area contributed by atoms with E-state index in [-0.39, 0.29) is 5.92 Å². The predicted octanol–water partition coefficient (Wildman–Crippen LogP) is 2.93. The molecule has 1 aromatic carbocycles. The highest BCUT2D eigenvalue weighted by molar-refractivity contribution is 5.32. The van der Waals surface area contributed by atoms with Crippen LogP contribution in [0.1, 0.15) is 29.5 Å². The highest BCUT2D eigenvalue weighted by atomic mass is 14.3. The Balaban J connectivity index is 3.10. The fraction of sp³-hybridized carbons (Fsp3) is 0.364. The molecular weight excluding hydrogens is 146 g/mol. The Kier molecular flexibility index (Phi) is 2.50. The van der Waals surface area contributed by atoms with E-state index in [1.807, 2.05) is 6.92 Å². The molecule has 0 aliphatic heterocycles. The van der Waals surface area contributed by atoms with Gasteiger partial charge < -0.3 is 0 Å². The normalized spacial score (nSPS) is 12.2. The number of rotatable bonds is 1. The quantitative estimate of drug-likeness (QED) is 0.618. The number of nitriles is 1. The fourth-order valence-corrected chi connectivity index (χ4v) is 1.33. The first kappa shape index (κ1) is 8.80. The lowest BCUT2D eigenvalue weighted by Crippen LogP contribution is -1.91. The lowest BCUT2D eigenvalue weighted by atomic mass is 9.98. The topological polar surface area (TPSA) is 23.8 Å². The summed E-state index contributed by atoms with van der Waals surface area (Å²) in [5.41, 5.74) is 3.58. The van der Waals surface area contributed by atoms with Crippen molar-refractivity contribution in [3.05, 3.63) is 34.9 Å². The van der Waals surface area contributed by atoms with Crippen molar-refractivity contribution in [1.82, 2.24) is 0 Å². The van der Waals surface area contributed by atoms with Crippen LogP contribution in [0, 0.1) is 25.2 Å². The van der Waals surface area contributed by atoms with Gasteiger partial charge in [0.1, 0.15) is 0 Å². The minimum Gasteiger partial charge on any atom is -0.198 e. The van der Waals surface area contributed by atoms with Crippen LogP contribution in [-0.4, -0.2) is 0 Å². The van der Waals surface area contributed by atoms with Gasteiger partial charge in [0.2, 0.25) is 0 Å². The van der Waals surface area contributed by atoms with Crippen molar-refractivity contribution in [1.29, 1.82) is 5.26 Å². The monoisotopic (exact) mass is 159 g/mol. The van der Waals surface area contributed by atoms with Gasteiger partial charge in [0, 0.05) is 0 Å². The van der Waals surface area contributed by atoms with Crippen LogP contribution in [0.3, 0.4) is 0 Å². The fourth-order valence-electron chi connectivity index (χ4n) is 1.33. The number of hydrogen-bond acceptors (Lipinski definition) is 1. The van der Waals surface area contributed by atoms with Gasteiger partial charge in [-0.15, -0.1) is 0 Å². The van der Waals surface area contributed by atoms with E-state index in [2.05, 4.69) is 38.1 Å². The second-order valence-electron chi connectivity index (χ2n) is 3.27. The number of hydrogen-bond donors (Lipinski definition) is 0. The summed E-state index contributed by atoms with van der Waals surface area (Å²) in [6.07, 6.45) is 0. The van der Waals surface area contributed by atoms with Crippen LogP contribution < -0.4 is 0 Å². The predicted molar refractivity (Wildman–Crippen MR) is 49.9 cm³/mol. The zero-order valence-corrected chi connectivity index (χ0v) is 7.76. The Morgan fingerprint density at radius 1 is 1.17 bits per heavy atom. The summed E-state index contributed by atoms with van der Waals surface area (Å²) >= 11 is 0. The molecule has 1 heteroatoms. The SMILES string of the molecule is Cc1cc(C)cc([C@H](C)C#N)c1. The molecule has 0 aliphatic rings. The summed E-state index contributed by atoms with van der Waals surface area (Å²) in [4.78, 5) is 0. The zero-order valence-electron chi connectivity index (χ0n) is 7.76. The Hall–Kier alpha value is -1.29. The Bertz CT molecular complexity index is 300. The van der Waals surface area contributed by atoms with Gasteiger partial charge in [-0.05, 0) is 26.3 Å². The van der Waals surface area contributed by atoms with Crippen molar-refractivity contribution < 1.29 is 0 Å². The second kappa shape index (κ2) is 3.40. The molecule has 0 amide bonds. The molecule has 62 valence electrons. The smallest absolute Gasteiger partial charge is 0.0700 e. The summed E-state index contributed by atoms with van der Waals surface area (Å²) in [5, 5.41) is 8.72. The van der Waals surface area contributed by atoms with Gasteiger partial charge in [-0.3, -0.25) is 0 Å². The molecule has 0 saturated heterocycles. The molecule has 0 radical (unpaired) electrons. The Morgan fingerprint density at radius 3 is 2.08 bits per heavy atom. The van der Waals surface area contributed by atoms with E-state index in [1.54, 1.807) is 0 Å². The van der Waals surface area contributed by atoms with E-state index in [1.165, 1.54) is 11.1 Å². The molecule has 1 atom stereocenters. The highest BCUT2D eigenvalue weighted by Gasteiger charge is 2.03. The first-order valence-electron chi connectivity index (χ1n) is 4.11. The van der Waals surface area contributed by atoms with Crippen molar-refractivity contribution in [3.63, 3.8) is 0 Å². The van der Waals surface area contributed by atoms with Crippen molar-refractivity contribution in [2.45, 2.75) is 26.7 Å². The van der Waals surface area contributed by atoms with Gasteiger partial charge in [-0.25, -0.2) is 0 Å². The molecule has 0 saturated carbocycles. The number of nitrogens with zero attached hydrogens (tertiary/aromatic N) is 1. The molecule has 1 rings (SSSR count). The van der Waals surface area contributed by atoms with Crippen molar-refractivity contribution in [2.75, 3.05) is 0 Å². The van der Waals surface area contributed by atoms with Gasteiger partial charge in [0.05, 0.1) is 12.0 Å². The summed E-state index contributed by atoms with van der Waals surface area (Å²) in [7, 11) is 0. The van der Waals surface area contributed by atoms with E-state index in [4.69, 9.17) is 5.26 Å². The molecule has 12 heavy (non-hydrogen) atoms. The molecule has 1 nitrogen and oxygen atoms in total. The third kappa shape index (κ3) is 1.85. The molecule has 0 bridgehead atoms. The minimum atomic E-state index is 0.00333. The molecule has 0 unspecified atom stereocenters. The van der Waals surface area contributed by atoms with Crippen LogP contribution in [0.2, 0.25) is 0 Å². The van der Waals surface area contributed by atoms with E-state index >= 15 is 0 Å². The lowest BCUT2D eigenvalue weighted by molar-refractivity contribution is 0.975. The van der Waals surface area contributed by atoms with Crippen molar-refractivity contribution >= 4 is 0 Å². The van der Waals surface area contributed by atoms with Crippen molar-refractivity contribution in [2.24, 2.45) is 0 Å². The maximum absolute atomic E-state index is 8.72. The minimum absolute atomic E-state index is 0.00333. The average molecular weight is 159 g/mol. The van der Waals surface area contributed by atoms with Crippen LogP contribution >= 0.6 is 0 Å². The zero-order chi connectivity index (χ0) is 9.14. The molecule has 1 aromatic rings. The van der Waals surface area contributed by atoms with Gasteiger partial charge in [0.15, 0.2) is 0 Å². The third-order valence-corrected chi connectivity index (χ3v) is 1.94. The first-order chi connectivity index (χ1) is 5.63. The second-order valence-corrected chi connectivity index (χ2v) is 3.27. The van der Waals surface area contributed by atoms with Crippen LogP contribution in [-0.2, 0) is 0 Å². The summed E-state index contributed by atoms with van der Waals surface area (Å²) in [5.74, 6) is 0.00333. The van der Waals surface area contributed by atoms with Crippen molar-refractivity contribution in [3.8, 4) is 6.07 Å². The van der Waals surface area contributed by atoms with Crippen LogP contribution in [0.25, 0.3) is 0 Å². The van der Waals surface area contributed by atoms with Crippen LogP contribution in [0.5, 0.6) is 0 Å². The van der Waals surface area contributed by atoms with E-state index < -0.39 is 0 Å². The number of aryl methyl sites for hydroxylation is 2. The van der Waals surface area contributed by atoms with Gasteiger partial charge >= 0.3 is 0 Å². The molecule has 0 aliphatic carbocycles. The Labute approximate surface area is 73.6 Å². The summed E-state index contributed by atoms with van der Waals surface area (Å²) in [6, 6.07) is 8.49. The van der Waals surface area contributed by atoms with Gasteiger partial charge in [0.25, 0.3) is 0 Å². The van der Waals surface area contributed by atoms with Crippen LogP contribution in [0.4, 0.5) is 0 Å². The summed E-state index contributed by atoms with van der Waals surface area (Å²) in [6.45, 7) is 6.04. The average Bonchev–Trinajstić information content (AvgIpc) is 2.01. The Morgan fingerprint density at radius 2 is 1.67 bits per heavy atom. The van der Waals surface area contributed by atoms with E-state index in [9.17, 15) is 0 Å². The molecule has 0 aromatic heterocycles. The molecule has 0 N–H and O–H groups in total. The van der Waals surface area contributed by atoms with E-state index in [0.29, 0.717) is 0 Å². The lowest BCUT2D eigenvalue weighted by Gasteiger charge is -2.05. The maximum Gasteiger partial charge on any atom is 0.0700 e. The largest absolute Gasteiger partial charge is 0.198 e. The molecule has 0 heterocycles. The van der Waals surface area contributed by atoms with Crippen LogP contribution in [0.15, 0.2) is 18.2 Å². The first-order valence-corrected chi connectivity index (χ1v) is 4.11. The number of benzene rings is 1. The molecular formula is C11H13N. The third-order valence-electron chi connectivity index (χ3n) is 1.94.